The molecule has 1 fully saturated rings. The second-order valence-corrected chi connectivity index (χ2v) is 4.11. The lowest BCUT2D eigenvalue weighted by molar-refractivity contribution is 0.0952. The fraction of sp³-hybridized carbons (Fsp3) is 0.417. The number of amides is 1. The zero-order chi connectivity index (χ0) is 10.7. The quantitative estimate of drug-likeness (QED) is 0.735. The Balaban J connectivity index is 1.81. The molecule has 1 aliphatic carbocycles. The van der Waals surface area contributed by atoms with Crippen LogP contribution in [0.25, 0.3) is 0 Å². The Morgan fingerprint density at radius 3 is 2.60 bits per heavy atom. The molecule has 3 heteroatoms. The Labute approximate surface area is 89.7 Å². The summed E-state index contributed by atoms with van der Waals surface area (Å²) in [6.45, 7) is 0.786. The normalized spacial score (nSPS) is 14.9. The molecule has 3 nitrogen and oxygen atoms in total. The van der Waals surface area contributed by atoms with Crippen molar-refractivity contribution in [1.29, 1.82) is 0 Å². The van der Waals surface area contributed by atoms with Gasteiger partial charge < -0.3 is 11.1 Å². The monoisotopic (exact) mass is 204 g/mol. The molecule has 0 atom stereocenters. The van der Waals surface area contributed by atoms with Crippen molar-refractivity contribution in [2.45, 2.75) is 19.3 Å². The Morgan fingerprint density at radius 2 is 2.00 bits per heavy atom. The molecule has 1 aromatic carbocycles. The molecule has 1 saturated carbocycles. The summed E-state index contributed by atoms with van der Waals surface area (Å²) >= 11 is 0. The lowest BCUT2D eigenvalue weighted by Crippen LogP contribution is -2.24. The van der Waals surface area contributed by atoms with E-state index in [1.807, 2.05) is 0 Å². The molecular weight excluding hydrogens is 188 g/mol. The van der Waals surface area contributed by atoms with Crippen molar-refractivity contribution in [3.8, 4) is 0 Å². The van der Waals surface area contributed by atoms with Crippen LogP contribution in [0, 0.1) is 5.92 Å². The van der Waals surface area contributed by atoms with E-state index >= 15 is 0 Å². The van der Waals surface area contributed by atoms with Crippen molar-refractivity contribution in [2.75, 3.05) is 12.3 Å². The average molecular weight is 204 g/mol. The second-order valence-electron chi connectivity index (χ2n) is 4.11. The maximum Gasteiger partial charge on any atom is 0.251 e. The third-order valence-corrected chi connectivity index (χ3v) is 2.71. The molecule has 0 saturated heterocycles. The van der Waals surface area contributed by atoms with E-state index in [1.165, 1.54) is 12.8 Å². The molecule has 3 N–H and O–H groups in total. The van der Waals surface area contributed by atoms with E-state index in [0.29, 0.717) is 11.3 Å². The SMILES string of the molecule is Nc1ccc(C(=O)NCCC2CC2)cc1. The van der Waals surface area contributed by atoms with Crippen LogP contribution in [0.5, 0.6) is 0 Å². The van der Waals surface area contributed by atoms with Gasteiger partial charge in [-0.15, -0.1) is 0 Å². The summed E-state index contributed by atoms with van der Waals surface area (Å²) in [6.07, 6.45) is 3.77. The largest absolute Gasteiger partial charge is 0.399 e. The highest BCUT2D eigenvalue weighted by Gasteiger charge is 2.20. The van der Waals surface area contributed by atoms with Crippen molar-refractivity contribution in [1.82, 2.24) is 5.32 Å². The first kappa shape index (κ1) is 10.0. The minimum absolute atomic E-state index is 0.00403. The van der Waals surface area contributed by atoms with E-state index in [0.717, 1.165) is 18.9 Å². The topological polar surface area (TPSA) is 55.1 Å². The molecule has 15 heavy (non-hydrogen) atoms. The van der Waals surface area contributed by atoms with Crippen LogP contribution in [-0.2, 0) is 0 Å². The number of benzene rings is 1. The number of nitrogen functional groups attached to an aromatic ring is 1. The molecule has 0 bridgehead atoms. The maximum absolute atomic E-state index is 11.6. The molecule has 0 radical (unpaired) electrons. The summed E-state index contributed by atoms with van der Waals surface area (Å²) < 4.78 is 0. The van der Waals surface area contributed by atoms with Gasteiger partial charge in [0.2, 0.25) is 0 Å². The Hall–Kier alpha value is -1.51. The van der Waals surface area contributed by atoms with Crippen LogP contribution in [0.1, 0.15) is 29.6 Å². The van der Waals surface area contributed by atoms with E-state index in [4.69, 9.17) is 5.73 Å². The van der Waals surface area contributed by atoms with E-state index in [9.17, 15) is 4.79 Å². The molecule has 1 aliphatic rings. The number of nitrogens with one attached hydrogen (secondary N) is 1. The third-order valence-electron chi connectivity index (χ3n) is 2.71. The van der Waals surface area contributed by atoms with Crippen LogP contribution in [0.2, 0.25) is 0 Å². The first-order chi connectivity index (χ1) is 7.25. The minimum atomic E-state index is -0.00403. The van der Waals surface area contributed by atoms with Gasteiger partial charge >= 0.3 is 0 Å². The highest BCUT2D eigenvalue weighted by Crippen LogP contribution is 2.31. The Kier molecular flexibility index (Phi) is 2.90. The van der Waals surface area contributed by atoms with E-state index in [1.54, 1.807) is 24.3 Å². The van der Waals surface area contributed by atoms with Crippen molar-refractivity contribution in [3.63, 3.8) is 0 Å². The van der Waals surface area contributed by atoms with Gasteiger partial charge in [-0.3, -0.25) is 4.79 Å². The third kappa shape index (κ3) is 2.98. The molecule has 1 aromatic rings. The maximum atomic E-state index is 11.6. The standard InChI is InChI=1S/C12H16N2O/c13-11-5-3-10(4-6-11)12(15)14-8-7-9-1-2-9/h3-6,9H,1-2,7-8,13H2,(H,14,15). The van der Waals surface area contributed by atoms with E-state index in [2.05, 4.69) is 5.32 Å². The van der Waals surface area contributed by atoms with Crippen LogP contribution in [-0.4, -0.2) is 12.5 Å². The predicted molar refractivity (Wildman–Crippen MR) is 60.5 cm³/mol. The lowest BCUT2D eigenvalue weighted by atomic mass is 10.2. The van der Waals surface area contributed by atoms with Gasteiger partial charge in [0.05, 0.1) is 0 Å². The first-order valence-corrected chi connectivity index (χ1v) is 5.39. The zero-order valence-corrected chi connectivity index (χ0v) is 8.70. The number of hydrogen-bond acceptors (Lipinski definition) is 2. The van der Waals surface area contributed by atoms with Gasteiger partial charge in [0.1, 0.15) is 0 Å². The number of anilines is 1. The number of carbonyl (C=O) groups is 1. The number of nitrogens with two attached hydrogens (primary N) is 1. The van der Waals surface area contributed by atoms with Gasteiger partial charge in [-0.1, -0.05) is 12.8 Å². The molecule has 0 heterocycles. The van der Waals surface area contributed by atoms with Gasteiger partial charge in [0, 0.05) is 17.8 Å². The summed E-state index contributed by atoms with van der Waals surface area (Å²) in [6, 6.07) is 7.00. The van der Waals surface area contributed by atoms with Crippen LogP contribution < -0.4 is 11.1 Å². The number of carbonyl (C=O) groups excluding carboxylic acids is 1. The van der Waals surface area contributed by atoms with Crippen molar-refractivity contribution in [3.05, 3.63) is 29.8 Å². The van der Waals surface area contributed by atoms with E-state index < -0.39 is 0 Å². The molecule has 2 rings (SSSR count). The van der Waals surface area contributed by atoms with Crippen LogP contribution >= 0.6 is 0 Å². The van der Waals surface area contributed by atoms with Crippen LogP contribution in [0.3, 0.4) is 0 Å². The van der Waals surface area contributed by atoms with Crippen molar-refractivity contribution >= 4 is 11.6 Å². The van der Waals surface area contributed by atoms with E-state index in [-0.39, 0.29) is 5.91 Å². The summed E-state index contributed by atoms with van der Waals surface area (Å²) in [5, 5.41) is 2.91. The van der Waals surface area contributed by atoms with Crippen LogP contribution in [0.15, 0.2) is 24.3 Å². The summed E-state index contributed by atoms with van der Waals surface area (Å²) in [4.78, 5) is 11.6. The smallest absolute Gasteiger partial charge is 0.251 e. The molecule has 1 amide bonds. The van der Waals surface area contributed by atoms with Crippen LogP contribution in [0.4, 0.5) is 5.69 Å². The molecule has 80 valence electrons. The Bertz CT molecular complexity index is 341. The predicted octanol–water partition coefficient (Wildman–Crippen LogP) is 1.80. The van der Waals surface area contributed by atoms with Gasteiger partial charge in [-0.25, -0.2) is 0 Å². The summed E-state index contributed by atoms with van der Waals surface area (Å²) in [7, 11) is 0. The lowest BCUT2D eigenvalue weighted by Gasteiger charge is -2.04. The molecule has 0 aromatic heterocycles. The second kappa shape index (κ2) is 4.34. The molecule has 0 spiro atoms. The van der Waals surface area contributed by atoms with Gasteiger partial charge in [0.15, 0.2) is 0 Å². The molecular formula is C12H16N2O. The number of rotatable bonds is 4. The summed E-state index contributed by atoms with van der Waals surface area (Å²) in [5.74, 6) is 0.854. The highest BCUT2D eigenvalue weighted by atomic mass is 16.1. The van der Waals surface area contributed by atoms with Gasteiger partial charge in [-0.05, 0) is 36.6 Å². The summed E-state index contributed by atoms with van der Waals surface area (Å²) in [5.41, 5.74) is 6.91. The van der Waals surface area contributed by atoms with Gasteiger partial charge in [-0.2, -0.15) is 0 Å². The van der Waals surface area contributed by atoms with Crippen molar-refractivity contribution in [2.24, 2.45) is 5.92 Å². The average Bonchev–Trinajstić information content (AvgIpc) is 3.02. The highest BCUT2D eigenvalue weighted by molar-refractivity contribution is 5.94. The fourth-order valence-corrected chi connectivity index (χ4v) is 1.53. The Morgan fingerprint density at radius 1 is 1.33 bits per heavy atom. The first-order valence-electron chi connectivity index (χ1n) is 5.39. The number of hydrogen-bond donors (Lipinski definition) is 2. The minimum Gasteiger partial charge on any atom is -0.399 e. The zero-order valence-electron chi connectivity index (χ0n) is 8.70. The fourth-order valence-electron chi connectivity index (χ4n) is 1.53. The van der Waals surface area contributed by atoms with Gasteiger partial charge in [0.25, 0.3) is 5.91 Å². The molecule has 0 unspecified atom stereocenters. The molecule has 0 aliphatic heterocycles. The van der Waals surface area contributed by atoms with Crippen molar-refractivity contribution < 1.29 is 4.79 Å².